The molecule has 7 heteroatoms. The predicted octanol–water partition coefficient (Wildman–Crippen LogP) is 5.21. The molecule has 2 aromatic heterocycles. The molecule has 0 atom stereocenters. The summed E-state index contributed by atoms with van der Waals surface area (Å²) < 4.78 is 5.47. The third kappa shape index (κ3) is 3.99. The third-order valence-corrected chi connectivity index (χ3v) is 5.97. The summed E-state index contributed by atoms with van der Waals surface area (Å²) in [6.45, 7) is 9.71. The van der Waals surface area contributed by atoms with Crippen molar-refractivity contribution < 1.29 is 4.74 Å². The largest absolute Gasteiger partial charge is 0.378 e. The average molecular weight is 429 g/mol. The van der Waals surface area contributed by atoms with Gasteiger partial charge in [0.2, 0.25) is 5.95 Å². The first kappa shape index (κ1) is 20.3. The second-order valence-corrected chi connectivity index (χ2v) is 8.25. The zero-order chi connectivity index (χ0) is 22.1. The molecule has 1 aliphatic rings. The number of anilines is 5. The van der Waals surface area contributed by atoms with Crippen LogP contribution in [0.15, 0.2) is 48.7 Å². The number of rotatable bonds is 5. The average Bonchev–Trinajstić information content (AvgIpc) is 3.27. The van der Waals surface area contributed by atoms with E-state index < -0.39 is 0 Å². The Labute approximate surface area is 187 Å². The van der Waals surface area contributed by atoms with E-state index in [-0.39, 0.29) is 0 Å². The van der Waals surface area contributed by atoms with Crippen LogP contribution in [0.3, 0.4) is 0 Å². The van der Waals surface area contributed by atoms with Gasteiger partial charge in [0.25, 0.3) is 0 Å². The Balaban J connectivity index is 1.45. The number of morpholine rings is 1. The minimum absolute atomic E-state index is 0.552. The van der Waals surface area contributed by atoms with Crippen molar-refractivity contribution in [2.45, 2.75) is 20.8 Å². The second kappa shape index (κ2) is 8.51. The summed E-state index contributed by atoms with van der Waals surface area (Å²) in [4.78, 5) is 15.1. The molecule has 0 amide bonds. The lowest BCUT2D eigenvalue weighted by Gasteiger charge is -2.29. The molecule has 1 saturated heterocycles. The van der Waals surface area contributed by atoms with Gasteiger partial charge in [-0.3, -0.25) is 0 Å². The topological polar surface area (TPSA) is 78.1 Å². The number of para-hydroxylation sites is 1. The molecule has 1 fully saturated rings. The zero-order valence-electron chi connectivity index (χ0n) is 18.7. The summed E-state index contributed by atoms with van der Waals surface area (Å²) in [6, 6.07) is 14.7. The van der Waals surface area contributed by atoms with Crippen molar-refractivity contribution in [1.82, 2.24) is 15.0 Å². The van der Waals surface area contributed by atoms with Crippen LogP contribution in [0, 0.1) is 20.8 Å². The molecule has 4 aromatic rings. The van der Waals surface area contributed by atoms with E-state index in [4.69, 9.17) is 9.72 Å². The van der Waals surface area contributed by atoms with Gasteiger partial charge >= 0.3 is 0 Å². The fourth-order valence-corrected chi connectivity index (χ4v) is 4.15. The van der Waals surface area contributed by atoms with Gasteiger partial charge in [0.15, 0.2) is 0 Å². The Hall–Kier alpha value is -3.58. The quantitative estimate of drug-likeness (QED) is 0.405. The number of aromatic amines is 1. The van der Waals surface area contributed by atoms with Crippen LogP contribution in [0.25, 0.3) is 11.0 Å². The monoisotopic (exact) mass is 428 g/mol. The van der Waals surface area contributed by atoms with E-state index in [1.165, 1.54) is 16.8 Å². The predicted molar refractivity (Wildman–Crippen MR) is 131 cm³/mol. The van der Waals surface area contributed by atoms with Crippen molar-refractivity contribution in [2.75, 3.05) is 41.8 Å². The number of hydrogen-bond acceptors (Lipinski definition) is 6. The molecule has 1 aliphatic heterocycles. The molecule has 5 rings (SSSR count). The first-order valence-electron chi connectivity index (χ1n) is 11.0. The molecule has 32 heavy (non-hydrogen) atoms. The van der Waals surface area contributed by atoms with Crippen molar-refractivity contribution in [2.24, 2.45) is 0 Å². The van der Waals surface area contributed by atoms with E-state index in [1.54, 1.807) is 0 Å². The van der Waals surface area contributed by atoms with Gasteiger partial charge in [0.05, 0.1) is 18.6 Å². The van der Waals surface area contributed by atoms with E-state index >= 15 is 0 Å². The molecule has 0 unspecified atom stereocenters. The first-order chi connectivity index (χ1) is 15.6. The number of H-pyrrole nitrogens is 1. The molecule has 0 aliphatic carbocycles. The summed E-state index contributed by atoms with van der Waals surface area (Å²) in [7, 11) is 0. The molecule has 0 saturated carbocycles. The van der Waals surface area contributed by atoms with E-state index in [0.29, 0.717) is 5.95 Å². The molecule has 164 valence electrons. The summed E-state index contributed by atoms with van der Waals surface area (Å²) in [5, 5.41) is 7.90. The lowest BCUT2D eigenvalue weighted by atomic mass is 10.1. The van der Waals surface area contributed by atoms with E-state index in [0.717, 1.165) is 60.1 Å². The number of aryl methyl sites for hydroxylation is 3. The number of ether oxygens (including phenoxy) is 1. The molecule has 3 N–H and O–H groups in total. The number of fused-ring (bicyclic) bond motifs is 1. The van der Waals surface area contributed by atoms with Gasteiger partial charge in [-0.1, -0.05) is 18.2 Å². The van der Waals surface area contributed by atoms with Crippen LogP contribution in [0.2, 0.25) is 0 Å². The summed E-state index contributed by atoms with van der Waals surface area (Å²) in [5.41, 5.74) is 7.58. The molecular formula is C25H28N6O. The van der Waals surface area contributed by atoms with Gasteiger partial charge in [0.1, 0.15) is 11.5 Å². The Kier molecular flexibility index (Phi) is 5.41. The van der Waals surface area contributed by atoms with Crippen molar-refractivity contribution >= 4 is 39.9 Å². The number of nitrogens with one attached hydrogen (secondary N) is 3. The lowest BCUT2D eigenvalue weighted by molar-refractivity contribution is 0.122. The van der Waals surface area contributed by atoms with Crippen molar-refractivity contribution in [3.05, 3.63) is 65.4 Å². The fourth-order valence-electron chi connectivity index (χ4n) is 4.15. The van der Waals surface area contributed by atoms with Crippen molar-refractivity contribution in [3.63, 3.8) is 0 Å². The molecule has 7 nitrogen and oxygen atoms in total. The highest BCUT2D eigenvalue weighted by atomic mass is 16.5. The van der Waals surface area contributed by atoms with Crippen LogP contribution >= 0.6 is 0 Å². The van der Waals surface area contributed by atoms with Crippen LogP contribution in [-0.4, -0.2) is 41.3 Å². The molecule has 2 aromatic carbocycles. The van der Waals surface area contributed by atoms with Gasteiger partial charge in [-0.05, 0) is 61.7 Å². The summed E-state index contributed by atoms with van der Waals surface area (Å²) in [5.74, 6) is 1.33. The molecule has 3 heterocycles. The van der Waals surface area contributed by atoms with E-state index in [9.17, 15) is 0 Å². The molecule has 0 bridgehead atoms. The fraction of sp³-hybridized carbons (Fsp3) is 0.280. The van der Waals surface area contributed by atoms with Gasteiger partial charge in [-0.25, -0.2) is 0 Å². The lowest BCUT2D eigenvalue weighted by Crippen LogP contribution is -2.36. The van der Waals surface area contributed by atoms with Crippen molar-refractivity contribution in [1.29, 1.82) is 0 Å². The molecular weight excluding hydrogens is 400 g/mol. The number of hydrogen-bond donors (Lipinski definition) is 3. The van der Waals surface area contributed by atoms with Crippen LogP contribution in [0.5, 0.6) is 0 Å². The number of aromatic nitrogens is 3. The standard InChI is InChI=1S/C25H28N6O/c1-16-5-4-6-17(2)22(16)28-24-20-9-10-26-23(20)29-25(30-24)27-21-8-7-19(15-18(21)3)31-11-13-32-14-12-31/h4-10,15H,11-14H2,1-3H3,(H3,26,27,28,29,30). The Bertz CT molecular complexity index is 1240. The minimum atomic E-state index is 0.552. The third-order valence-electron chi connectivity index (χ3n) is 5.97. The summed E-state index contributed by atoms with van der Waals surface area (Å²) >= 11 is 0. The maximum Gasteiger partial charge on any atom is 0.231 e. The Morgan fingerprint density at radius 3 is 2.44 bits per heavy atom. The van der Waals surface area contributed by atoms with Crippen LogP contribution in [-0.2, 0) is 4.74 Å². The van der Waals surface area contributed by atoms with Gasteiger partial charge in [-0.2, -0.15) is 9.97 Å². The SMILES string of the molecule is Cc1cc(N2CCOCC2)ccc1Nc1nc(Nc2c(C)cccc2C)c2cc[nH]c2n1. The smallest absolute Gasteiger partial charge is 0.231 e. The van der Waals surface area contributed by atoms with Crippen LogP contribution in [0.4, 0.5) is 28.8 Å². The second-order valence-electron chi connectivity index (χ2n) is 8.25. The van der Waals surface area contributed by atoms with Crippen molar-refractivity contribution in [3.8, 4) is 0 Å². The van der Waals surface area contributed by atoms with Gasteiger partial charge < -0.3 is 25.3 Å². The van der Waals surface area contributed by atoms with Crippen LogP contribution in [0.1, 0.15) is 16.7 Å². The molecule has 0 spiro atoms. The number of nitrogens with zero attached hydrogens (tertiary/aromatic N) is 3. The highest BCUT2D eigenvalue weighted by Crippen LogP contribution is 2.30. The highest BCUT2D eigenvalue weighted by molar-refractivity contribution is 5.91. The summed E-state index contributed by atoms with van der Waals surface area (Å²) in [6.07, 6.45) is 1.89. The molecule has 0 radical (unpaired) electrons. The minimum Gasteiger partial charge on any atom is -0.378 e. The van der Waals surface area contributed by atoms with Gasteiger partial charge in [-0.15, -0.1) is 0 Å². The van der Waals surface area contributed by atoms with Gasteiger partial charge in [0, 0.05) is 36.3 Å². The maximum absolute atomic E-state index is 5.47. The zero-order valence-corrected chi connectivity index (χ0v) is 18.7. The number of benzene rings is 2. The van der Waals surface area contributed by atoms with Crippen LogP contribution < -0.4 is 15.5 Å². The maximum atomic E-state index is 5.47. The first-order valence-corrected chi connectivity index (χ1v) is 11.0. The normalized spacial score (nSPS) is 14.0. The van der Waals surface area contributed by atoms with E-state index in [2.05, 4.69) is 82.7 Å². The highest BCUT2D eigenvalue weighted by Gasteiger charge is 2.14. The Morgan fingerprint density at radius 1 is 0.906 bits per heavy atom. The van der Waals surface area contributed by atoms with E-state index in [1.807, 2.05) is 12.3 Å². The Morgan fingerprint density at radius 2 is 1.69 bits per heavy atom.